The second kappa shape index (κ2) is 5.09. The van der Waals surface area contributed by atoms with Crippen molar-refractivity contribution < 1.29 is 4.74 Å². The van der Waals surface area contributed by atoms with Crippen molar-refractivity contribution in [2.75, 3.05) is 32.5 Å². The number of imidazole rings is 1. The highest BCUT2D eigenvalue weighted by Crippen LogP contribution is 2.23. The van der Waals surface area contributed by atoms with Crippen molar-refractivity contribution in [1.29, 1.82) is 0 Å². The van der Waals surface area contributed by atoms with Gasteiger partial charge in [-0.3, -0.25) is 0 Å². The minimum atomic E-state index is 0.586. The van der Waals surface area contributed by atoms with E-state index in [1.807, 2.05) is 18.2 Å². The average molecular weight is 260 g/mol. The van der Waals surface area contributed by atoms with Crippen molar-refractivity contribution in [3.8, 4) is 5.75 Å². The summed E-state index contributed by atoms with van der Waals surface area (Å²) in [5, 5.41) is 0. The molecule has 0 aliphatic carbocycles. The van der Waals surface area contributed by atoms with E-state index in [1.165, 1.54) is 25.9 Å². The molecular weight excluding hydrogens is 240 g/mol. The van der Waals surface area contributed by atoms with Gasteiger partial charge in [-0.15, -0.1) is 0 Å². The van der Waals surface area contributed by atoms with Crippen LogP contribution in [0.25, 0.3) is 11.0 Å². The fourth-order valence-electron chi connectivity index (χ4n) is 2.74. The molecule has 0 atom stereocenters. The number of benzene rings is 1. The van der Waals surface area contributed by atoms with E-state index in [2.05, 4.69) is 14.5 Å². The van der Waals surface area contributed by atoms with E-state index in [0.717, 1.165) is 29.9 Å². The summed E-state index contributed by atoms with van der Waals surface area (Å²) < 4.78 is 7.30. The van der Waals surface area contributed by atoms with Gasteiger partial charge in [-0.05, 0) is 38.1 Å². The number of anilines is 1. The van der Waals surface area contributed by atoms with E-state index in [9.17, 15) is 0 Å². The molecule has 0 radical (unpaired) electrons. The van der Waals surface area contributed by atoms with Crippen LogP contribution in [0.2, 0.25) is 0 Å². The molecule has 0 amide bonds. The largest absolute Gasteiger partial charge is 0.497 e. The van der Waals surface area contributed by atoms with Crippen molar-refractivity contribution in [3.05, 3.63) is 18.2 Å². The summed E-state index contributed by atoms with van der Waals surface area (Å²) in [6.45, 7) is 4.36. The van der Waals surface area contributed by atoms with E-state index in [0.29, 0.717) is 5.95 Å². The van der Waals surface area contributed by atoms with Gasteiger partial charge >= 0.3 is 0 Å². The van der Waals surface area contributed by atoms with Gasteiger partial charge in [0.15, 0.2) is 0 Å². The third kappa shape index (κ3) is 2.38. The topological polar surface area (TPSA) is 56.3 Å². The van der Waals surface area contributed by atoms with Crippen LogP contribution in [0.5, 0.6) is 5.75 Å². The molecule has 2 heterocycles. The number of nitrogens with two attached hydrogens (primary N) is 1. The zero-order valence-electron chi connectivity index (χ0n) is 11.3. The number of nitrogen functional groups attached to an aromatic ring is 1. The third-order valence-corrected chi connectivity index (χ3v) is 3.82. The molecule has 0 spiro atoms. The Morgan fingerprint density at radius 3 is 2.79 bits per heavy atom. The Labute approximate surface area is 113 Å². The van der Waals surface area contributed by atoms with Crippen molar-refractivity contribution in [1.82, 2.24) is 14.5 Å². The lowest BCUT2D eigenvalue weighted by Gasteiger charge is -2.15. The Kier molecular flexibility index (Phi) is 3.29. The van der Waals surface area contributed by atoms with Crippen LogP contribution in [-0.4, -0.2) is 41.2 Å². The summed E-state index contributed by atoms with van der Waals surface area (Å²) in [6.07, 6.45) is 2.63. The highest BCUT2D eigenvalue weighted by molar-refractivity contribution is 5.79. The van der Waals surface area contributed by atoms with Crippen LogP contribution in [-0.2, 0) is 6.54 Å². The van der Waals surface area contributed by atoms with Crippen molar-refractivity contribution in [2.24, 2.45) is 0 Å². The molecule has 3 rings (SSSR count). The summed E-state index contributed by atoms with van der Waals surface area (Å²) in [5.74, 6) is 1.40. The smallest absolute Gasteiger partial charge is 0.201 e. The number of aromatic nitrogens is 2. The molecule has 0 unspecified atom stereocenters. The number of hydrogen-bond acceptors (Lipinski definition) is 4. The van der Waals surface area contributed by atoms with Gasteiger partial charge in [0.05, 0.1) is 18.1 Å². The molecule has 1 aliphatic rings. The molecule has 1 aliphatic heterocycles. The number of ether oxygens (including phenoxy) is 1. The maximum absolute atomic E-state index is 6.02. The van der Waals surface area contributed by atoms with Gasteiger partial charge in [-0.2, -0.15) is 0 Å². The molecule has 5 nitrogen and oxygen atoms in total. The molecule has 0 bridgehead atoms. The second-order valence-electron chi connectivity index (χ2n) is 5.03. The van der Waals surface area contributed by atoms with Crippen molar-refractivity contribution in [2.45, 2.75) is 19.4 Å². The molecule has 2 N–H and O–H groups in total. The van der Waals surface area contributed by atoms with Crippen LogP contribution in [0.1, 0.15) is 12.8 Å². The molecule has 19 heavy (non-hydrogen) atoms. The first-order chi connectivity index (χ1) is 9.28. The van der Waals surface area contributed by atoms with Crippen LogP contribution in [0.3, 0.4) is 0 Å². The number of methoxy groups -OCH3 is 1. The van der Waals surface area contributed by atoms with E-state index in [1.54, 1.807) is 7.11 Å². The lowest BCUT2D eigenvalue weighted by molar-refractivity contribution is 0.325. The van der Waals surface area contributed by atoms with E-state index < -0.39 is 0 Å². The molecular formula is C14H20N4O. The van der Waals surface area contributed by atoms with Crippen LogP contribution in [0.15, 0.2) is 18.2 Å². The fraction of sp³-hybridized carbons (Fsp3) is 0.500. The monoisotopic (exact) mass is 260 g/mol. The van der Waals surface area contributed by atoms with Gasteiger partial charge in [0.2, 0.25) is 5.95 Å². The maximum Gasteiger partial charge on any atom is 0.201 e. The Balaban J connectivity index is 1.83. The molecule has 1 fully saturated rings. The Morgan fingerprint density at radius 2 is 2.05 bits per heavy atom. The summed E-state index contributed by atoms with van der Waals surface area (Å²) in [5.41, 5.74) is 8.00. The van der Waals surface area contributed by atoms with Crippen LogP contribution >= 0.6 is 0 Å². The number of fused-ring (bicyclic) bond motifs is 1. The Morgan fingerprint density at radius 1 is 1.26 bits per heavy atom. The van der Waals surface area contributed by atoms with Crippen LogP contribution in [0, 0.1) is 0 Å². The first-order valence-electron chi connectivity index (χ1n) is 6.80. The standard InChI is InChI=1S/C14H20N4O/c1-19-11-4-5-13-12(10-11)16-14(15)18(13)9-8-17-6-2-3-7-17/h4-5,10H,2-3,6-9H2,1H3,(H2,15,16). The Hall–Kier alpha value is -1.75. The van der Waals surface area contributed by atoms with Crippen LogP contribution < -0.4 is 10.5 Å². The quantitative estimate of drug-likeness (QED) is 0.909. The van der Waals surface area contributed by atoms with Gasteiger partial charge < -0.3 is 19.9 Å². The lowest BCUT2D eigenvalue weighted by Crippen LogP contribution is -2.24. The van der Waals surface area contributed by atoms with E-state index in [-0.39, 0.29) is 0 Å². The first kappa shape index (κ1) is 12.3. The minimum Gasteiger partial charge on any atom is -0.497 e. The number of hydrogen-bond donors (Lipinski definition) is 1. The maximum atomic E-state index is 6.02. The van der Waals surface area contributed by atoms with Gasteiger partial charge in [0, 0.05) is 19.2 Å². The zero-order valence-corrected chi connectivity index (χ0v) is 11.3. The highest BCUT2D eigenvalue weighted by Gasteiger charge is 2.13. The molecule has 5 heteroatoms. The lowest BCUT2D eigenvalue weighted by atomic mass is 10.3. The number of rotatable bonds is 4. The normalized spacial score (nSPS) is 16.3. The number of nitrogens with zero attached hydrogens (tertiary/aromatic N) is 3. The van der Waals surface area contributed by atoms with Gasteiger partial charge in [-0.1, -0.05) is 0 Å². The predicted molar refractivity (Wildman–Crippen MR) is 76.4 cm³/mol. The first-order valence-corrected chi connectivity index (χ1v) is 6.80. The van der Waals surface area contributed by atoms with Gasteiger partial charge in [-0.25, -0.2) is 4.98 Å². The highest BCUT2D eigenvalue weighted by atomic mass is 16.5. The SMILES string of the molecule is COc1ccc2c(c1)nc(N)n2CCN1CCCC1. The zero-order chi connectivity index (χ0) is 13.2. The molecule has 1 aromatic heterocycles. The molecule has 1 saturated heterocycles. The van der Waals surface area contributed by atoms with Crippen molar-refractivity contribution in [3.63, 3.8) is 0 Å². The average Bonchev–Trinajstić information content (AvgIpc) is 3.02. The molecule has 2 aromatic rings. The summed E-state index contributed by atoms with van der Waals surface area (Å²) >= 11 is 0. The van der Waals surface area contributed by atoms with Crippen molar-refractivity contribution >= 4 is 17.0 Å². The Bertz CT molecular complexity index is 572. The van der Waals surface area contributed by atoms with Gasteiger partial charge in [0.25, 0.3) is 0 Å². The molecule has 0 saturated carbocycles. The summed E-state index contributed by atoms with van der Waals surface area (Å²) in [4.78, 5) is 6.89. The molecule has 102 valence electrons. The van der Waals surface area contributed by atoms with Crippen LogP contribution in [0.4, 0.5) is 5.95 Å². The summed E-state index contributed by atoms with van der Waals surface area (Å²) in [7, 11) is 1.66. The molecule has 1 aromatic carbocycles. The summed E-state index contributed by atoms with van der Waals surface area (Å²) in [6, 6.07) is 5.91. The minimum absolute atomic E-state index is 0.586. The second-order valence-corrected chi connectivity index (χ2v) is 5.03. The number of likely N-dealkylation sites (tertiary alicyclic amines) is 1. The van der Waals surface area contributed by atoms with E-state index in [4.69, 9.17) is 10.5 Å². The third-order valence-electron chi connectivity index (χ3n) is 3.82. The predicted octanol–water partition coefficient (Wildman–Crippen LogP) is 1.72. The van der Waals surface area contributed by atoms with E-state index >= 15 is 0 Å². The van der Waals surface area contributed by atoms with Gasteiger partial charge in [0.1, 0.15) is 5.75 Å². The fourth-order valence-corrected chi connectivity index (χ4v) is 2.74.